The van der Waals surface area contributed by atoms with Crippen molar-refractivity contribution in [2.24, 2.45) is 5.41 Å². The summed E-state index contributed by atoms with van der Waals surface area (Å²) >= 11 is 0. The van der Waals surface area contributed by atoms with Gasteiger partial charge in [-0.25, -0.2) is 0 Å². The van der Waals surface area contributed by atoms with E-state index in [-0.39, 0.29) is 11.2 Å². The van der Waals surface area contributed by atoms with Gasteiger partial charge in [0.15, 0.2) is 0 Å². The van der Waals surface area contributed by atoms with Crippen molar-refractivity contribution in [3.63, 3.8) is 0 Å². The van der Waals surface area contributed by atoms with E-state index in [1.54, 1.807) is 6.92 Å². The van der Waals surface area contributed by atoms with E-state index in [9.17, 15) is 4.79 Å². The van der Waals surface area contributed by atoms with E-state index in [2.05, 4.69) is 19.9 Å². The first kappa shape index (κ1) is 11.4. The molecule has 0 amide bonds. The van der Waals surface area contributed by atoms with Gasteiger partial charge < -0.3 is 0 Å². The van der Waals surface area contributed by atoms with Gasteiger partial charge in [-0.3, -0.25) is 4.79 Å². The van der Waals surface area contributed by atoms with Gasteiger partial charge in [-0.15, -0.1) is 0 Å². The maximum atomic E-state index is 11.1. The fourth-order valence-corrected chi connectivity index (χ4v) is 0.898. The summed E-state index contributed by atoms with van der Waals surface area (Å²) in [6, 6.07) is 0. The molecule has 0 unspecified atom stereocenters. The number of carbonyl (C=O) groups excluding carboxylic acids is 1. The quantitative estimate of drug-likeness (QED) is 0.588. The summed E-state index contributed by atoms with van der Waals surface area (Å²) < 4.78 is 0. The van der Waals surface area contributed by atoms with Crippen LogP contribution in [0, 0.1) is 5.41 Å². The predicted octanol–water partition coefficient (Wildman–Crippen LogP) is 3.35. The summed E-state index contributed by atoms with van der Waals surface area (Å²) in [7, 11) is 0. The van der Waals surface area contributed by atoms with E-state index >= 15 is 0 Å². The van der Waals surface area contributed by atoms with Gasteiger partial charge in [-0.05, 0) is 33.6 Å². The maximum Gasteiger partial charge on any atom is 0.135 e. The highest BCUT2D eigenvalue weighted by Gasteiger charge is 2.21. The fraction of sp³-hybridized carbons (Fsp3) is 0.727. The summed E-state index contributed by atoms with van der Waals surface area (Å²) in [5.41, 5.74) is 1.18. The molecule has 0 saturated carbocycles. The van der Waals surface area contributed by atoms with Crippen molar-refractivity contribution in [3.8, 4) is 0 Å². The minimum absolute atomic E-state index is 0.147. The van der Waals surface area contributed by atoms with Crippen LogP contribution in [0.4, 0.5) is 0 Å². The second-order valence-corrected chi connectivity index (χ2v) is 4.26. The van der Waals surface area contributed by atoms with Crippen LogP contribution < -0.4 is 0 Å². The first-order chi connectivity index (χ1) is 5.36. The molecule has 0 bridgehead atoms. The summed E-state index contributed by atoms with van der Waals surface area (Å²) in [5.74, 6) is 0.282. The van der Waals surface area contributed by atoms with Crippen LogP contribution in [0.15, 0.2) is 11.6 Å². The number of carbonyl (C=O) groups is 1. The van der Waals surface area contributed by atoms with Crippen LogP contribution in [-0.2, 0) is 4.79 Å². The zero-order valence-electron chi connectivity index (χ0n) is 8.90. The van der Waals surface area contributed by atoms with Gasteiger partial charge in [0.2, 0.25) is 0 Å². The molecule has 0 fully saturated rings. The predicted molar refractivity (Wildman–Crippen MR) is 53.1 cm³/mol. The number of allylic oxidation sites excluding steroid dienone is 2. The maximum absolute atomic E-state index is 11.1. The minimum Gasteiger partial charge on any atom is -0.299 e. The smallest absolute Gasteiger partial charge is 0.135 e. The van der Waals surface area contributed by atoms with Gasteiger partial charge in [-0.2, -0.15) is 0 Å². The van der Waals surface area contributed by atoms with Gasteiger partial charge >= 0.3 is 0 Å². The molecule has 70 valence electrons. The molecular formula is C11H20O. The van der Waals surface area contributed by atoms with Crippen molar-refractivity contribution in [3.05, 3.63) is 11.6 Å². The van der Waals surface area contributed by atoms with Gasteiger partial charge in [0.1, 0.15) is 5.78 Å². The third-order valence-electron chi connectivity index (χ3n) is 2.27. The molecule has 0 aliphatic carbocycles. The van der Waals surface area contributed by atoms with E-state index in [1.807, 2.05) is 13.8 Å². The first-order valence-electron chi connectivity index (χ1n) is 4.50. The third-order valence-corrected chi connectivity index (χ3v) is 2.27. The molecule has 12 heavy (non-hydrogen) atoms. The Balaban J connectivity index is 3.93. The molecule has 1 nitrogen and oxygen atoms in total. The molecule has 0 aromatic carbocycles. The van der Waals surface area contributed by atoms with E-state index in [4.69, 9.17) is 0 Å². The van der Waals surface area contributed by atoms with E-state index in [0.29, 0.717) is 0 Å². The molecule has 0 aromatic rings. The molecule has 0 radical (unpaired) electrons. The monoisotopic (exact) mass is 168 g/mol. The van der Waals surface area contributed by atoms with Crippen LogP contribution in [-0.4, -0.2) is 5.78 Å². The Morgan fingerprint density at radius 3 is 2.08 bits per heavy atom. The number of hydrogen-bond donors (Lipinski definition) is 0. The van der Waals surface area contributed by atoms with Crippen LogP contribution in [0.3, 0.4) is 0 Å². The van der Waals surface area contributed by atoms with Crippen molar-refractivity contribution in [2.75, 3.05) is 0 Å². The molecule has 0 atom stereocenters. The van der Waals surface area contributed by atoms with E-state index in [0.717, 1.165) is 12.8 Å². The van der Waals surface area contributed by atoms with Crippen molar-refractivity contribution in [1.82, 2.24) is 0 Å². The second kappa shape index (κ2) is 4.44. The summed E-state index contributed by atoms with van der Waals surface area (Å²) in [6.07, 6.45) is 4.15. The second-order valence-electron chi connectivity index (χ2n) is 4.26. The third kappa shape index (κ3) is 4.32. The van der Waals surface area contributed by atoms with Crippen LogP contribution in [0.2, 0.25) is 0 Å². The van der Waals surface area contributed by atoms with E-state index < -0.39 is 0 Å². The SMILES string of the molecule is CC(=O)C(C)(C)CCC=C(C)C. The van der Waals surface area contributed by atoms with Crippen molar-refractivity contribution >= 4 is 5.78 Å². The molecule has 0 spiro atoms. The molecule has 0 rings (SSSR count). The molecule has 0 N–H and O–H groups in total. The Bertz CT molecular complexity index is 183. The first-order valence-corrected chi connectivity index (χ1v) is 4.50. The lowest BCUT2D eigenvalue weighted by molar-refractivity contribution is -0.125. The van der Waals surface area contributed by atoms with Crippen LogP contribution >= 0.6 is 0 Å². The van der Waals surface area contributed by atoms with Gasteiger partial charge in [0.25, 0.3) is 0 Å². The average Bonchev–Trinajstić information content (AvgIpc) is 1.85. The lowest BCUT2D eigenvalue weighted by Crippen LogP contribution is -2.20. The Morgan fingerprint density at radius 1 is 1.25 bits per heavy atom. The van der Waals surface area contributed by atoms with Gasteiger partial charge in [0.05, 0.1) is 0 Å². The lowest BCUT2D eigenvalue weighted by Gasteiger charge is -2.19. The number of hydrogen-bond acceptors (Lipinski definition) is 1. The zero-order chi connectivity index (χ0) is 9.78. The van der Waals surface area contributed by atoms with Gasteiger partial charge in [-0.1, -0.05) is 25.5 Å². The Labute approximate surface area is 75.9 Å². The average molecular weight is 168 g/mol. The summed E-state index contributed by atoms with van der Waals surface area (Å²) in [5, 5.41) is 0. The minimum atomic E-state index is -0.147. The Kier molecular flexibility index (Phi) is 4.22. The van der Waals surface area contributed by atoms with Gasteiger partial charge in [0, 0.05) is 5.41 Å². The zero-order valence-corrected chi connectivity index (χ0v) is 8.90. The number of ketones is 1. The van der Waals surface area contributed by atoms with Crippen molar-refractivity contribution in [1.29, 1.82) is 0 Å². The fourth-order valence-electron chi connectivity index (χ4n) is 0.898. The molecule has 0 aliphatic heterocycles. The topological polar surface area (TPSA) is 17.1 Å². The molecule has 0 heterocycles. The highest BCUT2D eigenvalue weighted by molar-refractivity contribution is 5.81. The largest absolute Gasteiger partial charge is 0.299 e. The number of rotatable bonds is 4. The number of Topliss-reactive ketones (excluding diaryl/α,β-unsaturated/α-hetero) is 1. The molecule has 0 aliphatic rings. The molecule has 0 saturated heterocycles. The standard InChI is InChI=1S/C11H20O/c1-9(2)7-6-8-11(4,5)10(3)12/h7H,6,8H2,1-5H3. The molecule has 1 heteroatoms. The Morgan fingerprint density at radius 2 is 1.75 bits per heavy atom. The van der Waals surface area contributed by atoms with E-state index in [1.165, 1.54) is 5.57 Å². The molecule has 0 aromatic heterocycles. The highest BCUT2D eigenvalue weighted by atomic mass is 16.1. The van der Waals surface area contributed by atoms with Crippen LogP contribution in [0.25, 0.3) is 0 Å². The highest BCUT2D eigenvalue weighted by Crippen LogP contribution is 2.23. The van der Waals surface area contributed by atoms with Crippen molar-refractivity contribution in [2.45, 2.75) is 47.5 Å². The lowest BCUT2D eigenvalue weighted by atomic mass is 9.84. The summed E-state index contributed by atoms with van der Waals surface area (Å²) in [6.45, 7) is 9.85. The van der Waals surface area contributed by atoms with Crippen LogP contribution in [0.5, 0.6) is 0 Å². The van der Waals surface area contributed by atoms with Crippen LogP contribution in [0.1, 0.15) is 47.5 Å². The molecular weight excluding hydrogens is 148 g/mol. The normalized spacial score (nSPS) is 11.1. The Hall–Kier alpha value is -0.590. The summed E-state index contributed by atoms with van der Waals surface area (Å²) in [4.78, 5) is 11.1. The van der Waals surface area contributed by atoms with Crippen molar-refractivity contribution < 1.29 is 4.79 Å².